The first-order valence-corrected chi connectivity index (χ1v) is 5.40. The molecule has 1 aromatic heterocycles. The summed E-state index contributed by atoms with van der Waals surface area (Å²) in [5.41, 5.74) is 1.08. The Morgan fingerprint density at radius 3 is 2.94 bits per heavy atom. The Kier molecular flexibility index (Phi) is 4.90. The fourth-order valence-corrected chi connectivity index (χ4v) is 1.96. The second-order valence-electron chi connectivity index (χ2n) is 4.17. The highest BCUT2D eigenvalue weighted by molar-refractivity contribution is 5.81. The quantitative estimate of drug-likeness (QED) is 0.630. The van der Waals surface area contributed by atoms with Crippen LogP contribution in [0.25, 0.3) is 0 Å². The van der Waals surface area contributed by atoms with Gasteiger partial charge in [0.1, 0.15) is 5.78 Å². The van der Waals surface area contributed by atoms with Crippen LogP contribution >= 0.6 is 0 Å². The van der Waals surface area contributed by atoms with Gasteiger partial charge in [-0.05, 0) is 12.1 Å². The van der Waals surface area contributed by atoms with Crippen molar-refractivity contribution in [1.82, 2.24) is 9.88 Å². The average Bonchev–Trinajstić information content (AvgIpc) is 2.25. The van der Waals surface area contributed by atoms with Crippen molar-refractivity contribution in [1.29, 1.82) is 0 Å². The summed E-state index contributed by atoms with van der Waals surface area (Å²) in [7, 11) is 0. The van der Waals surface area contributed by atoms with E-state index in [1.54, 1.807) is 0 Å². The van der Waals surface area contributed by atoms with E-state index in [0.29, 0.717) is 12.2 Å². The lowest BCUT2D eigenvalue weighted by atomic mass is 9.98. The number of rotatable bonds is 2. The lowest BCUT2D eigenvalue weighted by Crippen LogP contribution is -3.00. The fourth-order valence-electron chi connectivity index (χ4n) is 1.96. The molecule has 0 N–H and O–H groups in total. The van der Waals surface area contributed by atoms with Crippen molar-refractivity contribution in [3.05, 3.63) is 30.1 Å². The Bertz CT molecular complexity index is 342. The van der Waals surface area contributed by atoms with E-state index < -0.39 is 0 Å². The van der Waals surface area contributed by atoms with Gasteiger partial charge in [0.05, 0.1) is 5.69 Å². The topological polar surface area (TPSA) is 33.2 Å². The SMILES string of the molecule is CC1CN(Cc2ccccn2)CCC1=O.[Cl-]. The molecule has 1 saturated heterocycles. The molecule has 0 aliphatic carbocycles. The molecule has 2 heterocycles. The van der Waals surface area contributed by atoms with Crippen LogP contribution in [-0.4, -0.2) is 28.8 Å². The van der Waals surface area contributed by atoms with Crippen molar-refractivity contribution in [3.8, 4) is 0 Å². The number of pyridine rings is 1. The van der Waals surface area contributed by atoms with E-state index in [2.05, 4.69) is 9.88 Å². The Morgan fingerprint density at radius 1 is 1.50 bits per heavy atom. The Hall–Kier alpha value is -0.930. The van der Waals surface area contributed by atoms with E-state index in [0.717, 1.165) is 25.3 Å². The number of carbonyl (C=O) groups excluding carboxylic acids is 1. The summed E-state index contributed by atoms with van der Waals surface area (Å²) >= 11 is 0. The smallest absolute Gasteiger partial charge is 0.138 e. The standard InChI is InChI=1S/C12H16N2O.ClH/c1-10-8-14(7-5-12(10)15)9-11-4-2-3-6-13-11;/h2-4,6,10H,5,7-9H2,1H3;1H/p-1. The Balaban J connectivity index is 0.00000128. The zero-order chi connectivity index (χ0) is 10.7. The zero-order valence-corrected chi connectivity index (χ0v) is 10.2. The minimum Gasteiger partial charge on any atom is -1.00 e. The van der Waals surface area contributed by atoms with Crippen molar-refractivity contribution in [2.75, 3.05) is 13.1 Å². The molecule has 1 aromatic rings. The summed E-state index contributed by atoms with van der Waals surface area (Å²) in [6, 6.07) is 5.95. The van der Waals surface area contributed by atoms with Gasteiger partial charge in [-0.15, -0.1) is 0 Å². The van der Waals surface area contributed by atoms with Crippen molar-refractivity contribution in [3.63, 3.8) is 0 Å². The largest absolute Gasteiger partial charge is 1.00 e. The number of aromatic nitrogens is 1. The van der Waals surface area contributed by atoms with Crippen LogP contribution < -0.4 is 12.4 Å². The van der Waals surface area contributed by atoms with E-state index in [-0.39, 0.29) is 18.3 Å². The van der Waals surface area contributed by atoms with Gasteiger partial charge in [0, 0.05) is 38.2 Å². The first-order chi connectivity index (χ1) is 7.25. The Labute approximate surface area is 102 Å². The number of hydrogen-bond donors (Lipinski definition) is 0. The van der Waals surface area contributed by atoms with E-state index in [1.165, 1.54) is 0 Å². The molecule has 0 saturated carbocycles. The monoisotopic (exact) mass is 239 g/mol. The summed E-state index contributed by atoms with van der Waals surface area (Å²) in [5.74, 6) is 0.578. The van der Waals surface area contributed by atoms with Gasteiger partial charge in [-0.25, -0.2) is 0 Å². The van der Waals surface area contributed by atoms with Gasteiger partial charge in [0.15, 0.2) is 0 Å². The molecular formula is C12H16ClN2O-. The number of carbonyl (C=O) groups is 1. The second-order valence-corrected chi connectivity index (χ2v) is 4.17. The van der Waals surface area contributed by atoms with Crippen LogP contribution in [0.2, 0.25) is 0 Å². The minimum absolute atomic E-state index is 0. The van der Waals surface area contributed by atoms with E-state index >= 15 is 0 Å². The van der Waals surface area contributed by atoms with Crippen molar-refractivity contribution < 1.29 is 17.2 Å². The van der Waals surface area contributed by atoms with E-state index in [9.17, 15) is 4.79 Å². The number of piperidine rings is 1. The maximum Gasteiger partial charge on any atom is 0.138 e. The summed E-state index contributed by atoms with van der Waals surface area (Å²) in [5, 5.41) is 0. The van der Waals surface area contributed by atoms with Crippen LogP contribution in [0.3, 0.4) is 0 Å². The highest BCUT2D eigenvalue weighted by Gasteiger charge is 2.23. The third-order valence-electron chi connectivity index (χ3n) is 2.87. The predicted molar refractivity (Wildman–Crippen MR) is 58.3 cm³/mol. The van der Waals surface area contributed by atoms with Crippen molar-refractivity contribution in [2.45, 2.75) is 19.9 Å². The van der Waals surface area contributed by atoms with Gasteiger partial charge < -0.3 is 12.4 Å². The molecule has 0 bridgehead atoms. The fraction of sp³-hybridized carbons (Fsp3) is 0.500. The molecular weight excluding hydrogens is 224 g/mol. The number of nitrogens with zero attached hydrogens (tertiary/aromatic N) is 2. The van der Waals surface area contributed by atoms with Crippen LogP contribution in [0.5, 0.6) is 0 Å². The number of likely N-dealkylation sites (tertiary alicyclic amines) is 1. The number of ketones is 1. The van der Waals surface area contributed by atoms with Gasteiger partial charge in [-0.1, -0.05) is 13.0 Å². The highest BCUT2D eigenvalue weighted by atomic mass is 35.5. The van der Waals surface area contributed by atoms with Crippen LogP contribution in [0.15, 0.2) is 24.4 Å². The molecule has 0 spiro atoms. The molecule has 16 heavy (non-hydrogen) atoms. The highest BCUT2D eigenvalue weighted by Crippen LogP contribution is 2.14. The first-order valence-electron chi connectivity index (χ1n) is 5.40. The molecule has 1 atom stereocenters. The predicted octanol–water partition coefficient (Wildman–Crippen LogP) is -1.50. The molecule has 0 aromatic carbocycles. The molecule has 0 amide bonds. The van der Waals surface area contributed by atoms with Crippen LogP contribution in [0.4, 0.5) is 0 Å². The third-order valence-corrected chi connectivity index (χ3v) is 2.87. The molecule has 2 rings (SSSR count). The molecule has 1 aliphatic rings. The number of hydrogen-bond acceptors (Lipinski definition) is 3. The zero-order valence-electron chi connectivity index (χ0n) is 9.40. The molecule has 1 fully saturated rings. The van der Waals surface area contributed by atoms with Gasteiger partial charge >= 0.3 is 0 Å². The number of halogens is 1. The van der Waals surface area contributed by atoms with Crippen LogP contribution in [-0.2, 0) is 11.3 Å². The number of Topliss-reactive ketones (excluding diaryl/α,β-unsaturated/α-hetero) is 1. The van der Waals surface area contributed by atoms with E-state index in [4.69, 9.17) is 0 Å². The van der Waals surface area contributed by atoms with E-state index in [1.807, 2.05) is 31.3 Å². The summed E-state index contributed by atoms with van der Waals surface area (Å²) in [4.78, 5) is 17.9. The molecule has 88 valence electrons. The van der Waals surface area contributed by atoms with Crippen molar-refractivity contribution >= 4 is 5.78 Å². The maximum absolute atomic E-state index is 11.3. The lowest BCUT2D eigenvalue weighted by molar-refractivity contribution is -0.125. The summed E-state index contributed by atoms with van der Waals surface area (Å²) in [6.07, 6.45) is 2.50. The maximum atomic E-state index is 11.3. The minimum atomic E-state index is 0. The lowest BCUT2D eigenvalue weighted by Gasteiger charge is -2.29. The molecule has 0 radical (unpaired) electrons. The summed E-state index contributed by atoms with van der Waals surface area (Å²) in [6.45, 7) is 4.61. The van der Waals surface area contributed by atoms with Gasteiger partial charge in [0.25, 0.3) is 0 Å². The normalized spacial score (nSPS) is 21.6. The van der Waals surface area contributed by atoms with Gasteiger partial charge in [0.2, 0.25) is 0 Å². The molecule has 4 heteroatoms. The van der Waals surface area contributed by atoms with Gasteiger partial charge in [-0.3, -0.25) is 14.7 Å². The summed E-state index contributed by atoms with van der Waals surface area (Å²) < 4.78 is 0. The molecule has 1 aliphatic heterocycles. The van der Waals surface area contributed by atoms with Crippen LogP contribution in [0.1, 0.15) is 19.0 Å². The second kappa shape index (κ2) is 5.97. The molecule has 1 unspecified atom stereocenters. The third kappa shape index (κ3) is 3.29. The van der Waals surface area contributed by atoms with Gasteiger partial charge in [-0.2, -0.15) is 0 Å². The molecule has 3 nitrogen and oxygen atoms in total. The average molecular weight is 240 g/mol. The first kappa shape index (κ1) is 13.1. The van der Waals surface area contributed by atoms with Crippen LogP contribution in [0, 0.1) is 5.92 Å². The van der Waals surface area contributed by atoms with Crippen molar-refractivity contribution in [2.24, 2.45) is 5.92 Å². The Morgan fingerprint density at radius 2 is 2.31 bits per heavy atom.